The van der Waals surface area contributed by atoms with E-state index in [4.69, 9.17) is 0 Å². The second-order valence-corrected chi connectivity index (χ2v) is 7.60. The summed E-state index contributed by atoms with van der Waals surface area (Å²) < 4.78 is 0. The van der Waals surface area contributed by atoms with E-state index in [-0.39, 0.29) is 22.7 Å². The summed E-state index contributed by atoms with van der Waals surface area (Å²) in [5, 5.41) is 0. The molecule has 1 nitrogen and oxygen atoms in total. The fourth-order valence-corrected chi connectivity index (χ4v) is 4.85. The van der Waals surface area contributed by atoms with E-state index in [2.05, 4.69) is 51.1 Å². The molecule has 2 aliphatic rings. The number of benzene rings is 1. The molecule has 0 amide bonds. The van der Waals surface area contributed by atoms with Gasteiger partial charge in [0.2, 0.25) is 0 Å². The minimum absolute atomic E-state index is 0.232. The molecule has 0 aromatic heterocycles. The Kier molecular flexibility index (Phi) is 2.85. The van der Waals surface area contributed by atoms with Crippen molar-refractivity contribution in [3.8, 4) is 0 Å². The topological polar surface area (TPSA) is 17.1 Å². The average Bonchev–Trinajstić information content (AvgIpc) is 2.35. The molecule has 0 aliphatic heterocycles. The lowest BCUT2D eigenvalue weighted by molar-refractivity contribution is -0.135. The normalized spacial score (nSPS) is 37.1. The van der Waals surface area contributed by atoms with Crippen LogP contribution in [0.15, 0.2) is 30.3 Å². The van der Waals surface area contributed by atoms with Gasteiger partial charge in [0.1, 0.15) is 5.78 Å². The van der Waals surface area contributed by atoms with E-state index in [9.17, 15) is 4.79 Å². The lowest BCUT2D eigenvalue weighted by Crippen LogP contribution is -2.49. The zero-order valence-electron chi connectivity index (χ0n) is 12.3. The van der Waals surface area contributed by atoms with Crippen molar-refractivity contribution >= 4 is 5.78 Å². The highest BCUT2D eigenvalue weighted by atomic mass is 16.1. The summed E-state index contributed by atoms with van der Waals surface area (Å²) in [4.78, 5) is 12.4. The fraction of sp³-hybridized carbons (Fsp3) is 0.611. The van der Waals surface area contributed by atoms with Gasteiger partial charge in [-0.2, -0.15) is 0 Å². The second kappa shape index (κ2) is 4.19. The summed E-state index contributed by atoms with van der Waals surface area (Å²) in [7, 11) is 0. The van der Waals surface area contributed by atoms with E-state index in [0.717, 1.165) is 19.3 Å². The first-order chi connectivity index (χ1) is 8.92. The van der Waals surface area contributed by atoms with Crippen molar-refractivity contribution in [2.45, 2.75) is 51.9 Å². The van der Waals surface area contributed by atoms with Gasteiger partial charge in [0, 0.05) is 11.8 Å². The molecule has 0 spiro atoms. The van der Waals surface area contributed by atoms with Crippen molar-refractivity contribution < 1.29 is 4.79 Å². The molecule has 0 radical (unpaired) electrons. The fourth-order valence-electron chi connectivity index (χ4n) is 4.85. The molecule has 2 bridgehead atoms. The molecule has 3 atom stereocenters. The van der Waals surface area contributed by atoms with Crippen molar-refractivity contribution in [1.29, 1.82) is 0 Å². The maximum absolute atomic E-state index is 12.4. The maximum Gasteiger partial charge on any atom is 0.138 e. The van der Waals surface area contributed by atoms with E-state index in [1.165, 1.54) is 12.0 Å². The summed E-state index contributed by atoms with van der Waals surface area (Å²) in [6.07, 6.45) is 4.41. The molecule has 3 rings (SSSR count). The molecular formula is C18H24O. The maximum atomic E-state index is 12.4. The van der Waals surface area contributed by atoms with Gasteiger partial charge in [-0.3, -0.25) is 4.79 Å². The van der Waals surface area contributed by atoms with Crippen LogP contribution in [0.1, 0.15) is 52.0 Å². The Balaban J connectivity index is 2.05. The zero-order chi connectivity index (χ0) is 13.7. The average molecular weight is 256 g/mol. The molecule has 0 N–H and O–H groups in total. The molecule has 1 aromatic rings. The van der Waals surface area contributed by atoms with Gasteiger partial charge in [0.05, 0.1) is 0 Å². The van der Waals surface area contributed by atoms with Crippen LogP contribution < -0.4 is 0 Å². The van der Waals surface area contributed by atoms with Crippen molar-refractivity contribution in [1.82, 2.24) is 0 Å². The Morgan fingerprint density at radius 3 is 2.42 bits per heavy atom. The SMILES string of the molecule is CC1CC2(c3ccccc3)CC(CC(C)(C)C2)C1=O. The molecule has 0 heterocycles. The van der Waals surface area contributed by atoms with E-state index in [0.29, 0.717) is 5.78 Å². The number of Topliss-reactive ketones (excluding diaryl/α,β-unsaturated/α-hetero) is 1. The monoisotopic (exact) mass is 256 g/mol. The smallest absolute Gasteiger partial charge is 0.138 e. The molecule has 0 saturated heterocycles. The van der Waals surface area contributed by atoms with Gasteiger partial charge in [-0.25, -0.2) is 0 Å². The van der Waals surface area contributed by atoms with Crippen LogP contribution in [-0.2, 0) is 10.2 Å². The predicted molar refractivity (Wildman–Crippen MR) is 78.0 cm³/mol. The van der Waals surface area contributed by atoms with Gasteiger partial charge in [-0.1, -0.05) is 51.1 Å². The lowest BCUT2D eigenvalue weighted by Gasteiger charge is -2.53. The number of carbonyl (C=O) groups is 1. The summed E-state index contributed by atoms with van der Waals surface area (Å²) in [5.41, 5.74) is 1.97. The Morgan fingerprint density at radius 1 is 1.05 bits per heavy atom. The highest BCUT2D eigenvalue weighted by Crippen LogP contribution is 2.56. The van der Waals surface area contributed by atoms with Gasteiger partial charge in [-0.15, -0.1) is 0 Å². The predicted octanol–water partition coefficient (Wildman–Crippen LogP) is 4.36. The van der Waals surface area contributed by atoms with Gasteiger partial charge in [0.15, 0.2) is 0 Å². The minimum atomic E-state index is 0.232. The van der Waals surface area contributed by atoms with Crippen molar-refractivity contribution in [3.63, 3.8) is 0 Å². The standard InChI is InChI=1S/C18H24O/c1-13-9-18(15-7-5-4-6-8-15)11-14(16(13)19)10-17(2,3)12-18/h4-8,13-14H,9-12H2,1-3H3. The molecule has 3 unspecified atom stereocenters. The van der Waals surface area contributed by atoms with Crippen molar-refractivity contribution in [2.75, 3.05) is 0 Å². The van der Waals surface area contributed by atoms with Crippen LogP contribution in [0.4, 0.5) is 0 Å². The Morgan fingerprint density at radius 2 is 1.74 bits per heavy atom. The molecule has 2 aliphatic carbocycles. The number of hydrogen-bond acceptors (Lipinski definition) is 1. The number of fused-ring (bicyclic) bond motifs is 2. The number of carbonyl (C=O) groups excluding carboxylic acids is 1. The zero-order valence-corrected chi connectivity index (χ0v) is 12.3. The molecule has 19 heavy (non-hydrogen) atoms. The van der Waals surface area contributed by atoms with Crippen molar-refractivity contribution in [3.05, 3.63) is 35.9 Å². The van der Waals surface area contributed by atoms with Gasteiger partial charge in [-0.05, 0) is 42.1 Å². The van der Waals surface area contributed by atoms with E-state index < -0.39 is 0 Å². The summed E-state index contributed by atoms with van der Waals surface area (Å²) >= 11 is 0. The van der Waals surface area contributed by atoms with Crippen LogP contribution in [0.3, 0.4) is 0 Å². The highest BCUT2D eigenvalue weighted by Gasteiger charge is 2.52. The third-order valence-corrected chi connectivity index (χ3v) is 5.22. The number of hydrogen-bond donors (Lipinski definition) is 0. The van der Waals surface area contributed by atoms with E-state index in [1.54, 1.807) is 0 Å². The Bertz CT molecular complexity index is 484. The van der Waals surface area contributed by atoms with Gasteiger partial charge in [0.25, 0.3) is 0 Å². The van der Waals surface area contributed by atoms with Crippen molar-refractivity contribution in [2.24, 2.45) is 17.3 Å². The van der Waals surface area contributed by atoms with Crippen LogP contribution in [0.2, 0.25) is 0 Å². The van der Waals surface area contributed by atoms with E-state index >= 15 is 0 Å². The molecular weight excluding hydrogens is 232 g/mol. The Hall–Kier alpha value is -1.11. The highest BCUT2D eigenvalue weighted by molar-refractivity contribution is 5.84. The first-order valence-electron chi connectivity index (χ1n) is 7.51. The first-order valence-corrected chi connectivity index (χ1v) is 7.51. The third-order valence-electron chi connectivity index (χ3n) is 5.22. The summed E-state index contributed by atoms with van der Waals surface area (Å²) in [6, 6.07) is 10.9. The lowest BCUT2D eigenvalue weighted by atomic mass is 9.50. The van der Waals surface area contributed by atoms with Crippen LogP contribution in [0, 0.1) is 17.3 Å². The number of ketones is 1. The second-order valence-electron chi connectivity index (χ2n) is 7.60. The molecule has 1 aromatic carbocycles. The Labute approximate surface area is 116 Å². The molecule has 2 saturated carbocycles. The first kappa shape index (κ1) is 12.9. The summed E-state index contributed by atoms with van der Waals surface area (Å²) in [5.74, 6) is 1.03. The van der Waals surface area contributed by atoms with Gasteiger partial charge < -0.3 is 0 Å². The molecule has 102 valence electrons. The molecule has 2 fully saturated rings. The third kappa shape index (κ3) is 2.13. The molecule has 1 heteroatoms. The van der Waals surface area contributed by atoms with Gasteiger partial charge >= 0.3 is 0 Å². The van der Waals surface area contributed by atoms with Crippen LogP contribution in [0.25, 0.3) is 0 Å². The van der Waals surface area contributed by atoms with Crippen LogP contribution in [-0.4, -0.2) is 5.78 Å². The largest absolute Gasteiger partial charge is 0.299 e. The summed E-state index contributed by atoms with van der Waals surface area (Å²) in [6.45, 7) is 6.80. The van der Waals surface area contributed by atoms with E-state index in [1.807, 2.05) is 0 Å². The van der Waals surface area contributed by atoms with Crippen LogP contribution in [0.5, 0.6) is 0 Å². The minimum Gasteiger partial charge on any atom is -0.299 e. The van der Waals surface area contributed by atoms with Crippen LogP contribution >= 0.6 is 0 Å². The quantitative estimate of drug-likeness (QED) is 0.729. The number of rotatable bonds is 1.